The van der Waals surface area contributed by atoms with Gasteiger partial charge in [-0.3, -0.25) is 0 Å². The van der Waals surface area contributed by atoms with Gasteiger partial charge in [-0.1, -0.05) is 23.2 Å². The molecule has 0 spiro atoms. The highest BCUT2D eigenvalue weighted by molar-refractivity contribution is 6.35. The summed E-state index contributed by atoms with van der Waals surface area (Å²) in [6.07, 6.45) is 0. The highest BCUT2D eigenvalue weighted by Gasteiger charge is 2.11. The third-order valence-corrected chi connectivity index (χ3v) is 2.25. The first kappa shape index (κ1) is 9.55. The summed E-state index contributed by atoms with van der Waals surface area (Å²) in [6, 6.07) is 2.45. The molecule has 1 aromatic heterocycles. The summed E-state index contributed by atoms with van der Waals surface area (Å²) >= 11 is 11.0. The third kappa shape index (κ3) is 1.40. The second-order valence-corrected chi connectivity index (χ2v) is 3.27. The van der Waals surface area contributed by atoms with Gasteiger partial charge in [0.25, 0.3) is 5.95 Å². The lowest BCUT2D eigenvalue weighted by Gasteiger charge is -2.00. The van der Waals surface area contributed by atoms with E-state index in [0.717, 1.165) is 6.07 Å². The predicted octanol–water partition coefficient (Wildman–Crippen LogP) is 3.21. The maximum atomic E-state index is 12.9. The molecule has 14 heavy (non-hydrogen) atoms. The Morgan fingerprint density at radius 1 is 1.07 bits per heavy atom. The summed E-state index contributed by atoms with van der Waals surface area (Å²) < 4.78 is 25.8. The van der Waals surface area contributed by atoms with Crippen LogP contribution >= 0.6 is 23.2 Å². The topological polar surface area (TPSA) is 25.8 Å². The van der Waals surface area contributed by atoms with Crippen LogP contribution in [0.25, 0.3) is 11.0 Å². The van der Waals surface area contributed by atoms with E-state index in [-0.39, 0.29) is 21.2 Å². The van der Waals surface area contributed by atoms with Crippen molar-refractivity contribution >= 4 is 34.2 Å². The Balaban J connectivity index is 2.89. The van der Waals surface area contributed by atoms with Gasteiger partial charge in [-0.05, 0) is 12.1 Å². The molecule has 72 valence electrons. The summed E-state index contributed by atoms with van der Waals surface area (Å²) in [7, 11) is 0. The van der Waals surface area contributed by atoms with Crippen molar-refractivity contribution in [3.63, 3.8) is 0 Å². The zero-order chi connectivity index (χ0) is 10.3. The molecule has 2 aromatic rings. The maximum absolute atomic E-state index is 12.9. The van der Waals surface area contributed by atoms with Gasteiger partial charge in [0.2, 0.25) is 0 Å². The Morgan fingerprint density at radius 3 is 2.50 bits per heavy atom. The van der Waals surface area contributed by atoms with Crippen LogP contribution in [0.2, 0.25) is 10.2 Å². The summed E-state index contributed by atoms with van der Waals surface area (Å²) in [5.74, 6) is -1.64. The zero-order valence-electron chi connectivity index (χ0n) is 6.56. The average Bonchev–Trinajstić information content (AvgIpc) is 2.15. The smallest absolute Gasteiger partial charge is 0.230 e. The molecule has 0 aliphatic heterocycles. The van der Waals surface area contributed by atoms with Crippen molar-refractivity contribution in [3.05, 3.63) is 34.1 Å². The number of hydrogen-bond acceptors (Lipinski definition) is 2. The number of benzene rings is 1. The number of halogens is 4. The summed E-state index contributed by atoms with van der Waals surface area (Å²) in [5, 5.41) is -0.620. The quantitative estimate of drug-likeness (QED) is 0.700. The van der Waals surface area contributed by atoms with E-state index < -0.39 is 11.8 Å². The SMILES string of the molecule is Fc1ccc2nc(Cl)c(F)nc2c1Cl. The van der Waals surface area contributed by atoms with Crippen molar-refractivity contribution in [1.82, 2.24) is 9.97 Å². The third-order valence-electron chi connectivity index (χ3n) is 1.65. The van der Waals surface area contributed by atoms with E-state index in [1.165, 1.54) is 6.07 Å². The Labute approximate surface area is 87.5 Å². The second-order valence-electron chi connectivity index (χ2n) is 2.53. The van der Waals surface area contributed by atoms with Crippen molar-refractivity contribution in [2.24, 2.45) is 0 Å². The molecule has 0 aliphatic carbocycles. The van der Waals surface area contributed by atoms with E-state index in [1.807, 2.05) is 0 Å². The molecule has 0 saturated heterocycles. The van der Waals surface area contributed by atoms with Crippen LogP contribution in [0, 0.1) is 11.8 Å². The summed E-state index contributed by atoms with van der Waals surface area (Å²) in [5.41, 5.74) is 0.219. The molecule has 0 bridgehead atoms. The number of nitrogens with zero attached hydrogens (tertiary/aromatic N) is 2. The van der Waals surface area contributed by atoms with Gasteiger partial charge in [-0.2, -0.15) is 4.39 Å². The van der Waals surface area contributed by atoms with Crippen LogP contribution in [-0.4, -0.2) is 9.97 Å². The van der Waals surface area contributed by atoms with Crippen molar-refractivity contribution in [3.8, 4) is 0 Å². The Morgan fingerprint density at radius 2 is 1.79 bits per heavy atom. The van der Waals surface area contributed by atoms with Crippen molar-refractivity contribution in [2.75, 3.05) is 0 Å². The minimum absolute atomic E-state index is 0.0337. The van der Waals surface area contributed by atoms with Gasteiger partial charge < -0.3 is 0 Å². The predicted molar refractivity (Wildman–Crippen MR) is 49.5 cm³/mol. The molecule has 0 N–H and O–H groups in total. The molecule has 0 amide bonds. The van der Waals surface area contributed by atoms with E-state index in [1.54, 1.807) is 0 Å². The second kappa shape index (κ2) is 3.29. The average molecular weight is 235 g/mol. The molecule has 0 radical (unpaired) electrons. The van der Waals surface area contributed by atoms with Crippen LogP contribution in [0.4, 0.5) is 8.78 Å². The molecular weight excluding hydrogens is 233 g/mol. The van der Waals surface area contributed by atoms with Crippen molar-refractivity contribution in [2.45, 2.75) is 0 Å². The fraction of sp³-hybridized carbons (Fsp3) is 0. The molecule has 1 heterocycles. The van der Waals surface area contributed by atoms with E-state index in [9.17, 15) is 8.78 Å². The fourth-order valence-corrected chi connectivity index (χ4v) is 1.36. The molecule has 0 saturated carbocycles. The number of fused-ring (bicyclic) bond motifs is 1. The highest BCUT2D eigenvalue weighted by Crippen LogP contribution is 2.25. The van der Waals surface area contributed by atoms with Gasteiger partial charge in [-0.15, -0.1) is 0 Å². The number of hydrogen-bond donors (Lipinski definition) is 0. The molecule has 6 heteroatoms. The largest absolute Gasteiger partial charge is 0.251 e. The summed E-state index contributed by atoms with van der Waals surface area (Å²) in [6.45, 7) is 0. The molecule has 2 rings (SSSR count). The maximum Gasteiger partial charge on any atom is 0.251 e. The first-order chi connectivity index (χ1) is 6.59. The van der Waals surface area contributed by atoms with E-state index >= 15 is 0 Å². The van der Waals surface area contributed by atoms with Crippen LogP contribution in [0.1, 0.15) is 0 Å². The minimum Gasteiger partial charge on any atom is -0.230 e. The van der Waals surface area contributed by atoms with Crippen LogP contribution in [-0.2, 0) is 0 Å². The van der Waals surface area contributed by atoms with E-state index in [0.29, 0.717) is 0 Å². The first-order valence-electron chi connectivity index (χ1n) is 3.56. The van der Waals surface area contributed by atoms with Crippen LogP contribution < -0.4 is 0 Å². The molecule has 0 aliphatic rings. The minimum atomic E-state index is -0.966. The lowest BCUT2D eigenvalue weighted by Crippen LogP contribution is -1.93. The van der Waals surface area contributed by atoms with Crippen LogP contribution in [0.3, 0.4) is 0 Å². The zero-order valence-corrected chi connectivity index (χ0v) is 8.07. The van der Waals surface area contributed by atoms with Crippen molar-refractivity contribution in [1.29, 1.82) is 0 Å². The normalized spacial score (nSPS) is 10.9. The van der Waals surface area contributed by atoms with Crippen LogP contribution in [0.5, 0.6) is 0 Å². The van der Waals surface area contributed by atoms with Crippen molar-refractivity contribution < 1.29 is 8.78 Å². The van der Waals surface area contributed by atoms with Gasteiger partial charge in [0.15, 0.2) is 5.15 Å². The van der Waals surface area contributed by atoms with Gasteiger partial charge in [0.05, 0.1) is 5.52 Å². The van der Waals surface area contributed by atoms with Gasteiger partial charge in [0.1, 0.15) is 16.4 Å². The summed E-state index contributed by atoms with van der Waals surface area (Å²) in [4.78, 5) is 7.06. The molecule has 1 aromatic carbocycles. The number of rotatable bonds is 0. The number of aromatic nitrogens is 2. The monoisotopic (exact) mass is 234 g/mol. The fourth-order valence-electron chi connectivity index (χ4n) is 1.02. The lowest BCUT2D eigenvalue weighted by molar-refractivity contribution is 0.582. The van der Waals surface area contributed by atoms with Gasteiger partial charge in [-0.25, -0.2) is 14.4 Å². The van der Waals surface area contributed by atoms with Crippen LogP contribution in [0.15, 0.2) is 12.1 Å². The molecule has 2 nitrogen and oxygen atoms in total. The first-order valence-corrected chi connectivity index (χ1v) is 4.32. The molecular formula is C8H2Cl2F2N2. The van der Waals surface area contributed by atoms with E-state index in [2.05, 4.69) is 9.97 Å². The highest BCUT2D eigenvalue weighted by atomic mass is 35.5. The van der Waals surface area contributed by atoms with Gasteiger partial charge in [0, 0.05) is 0 Å². The Kier molecular flexibility index (Phi) is 2.25. The Bertz CT molecular complexity index is 516. The molecule has 0 atom stereocenters. The molecule has 0 fully saturated rings. The lowest BCUT2D eigenvalue weighted by atomic mass is 10.3. The Hall–Kier alpha value is -1.00. The standard InChI is InChI=1S/C8H2Cl2F2N2/c9-5-3(11)1-2-4-6(5)14-8(12)7(10)13-4/h1-2H. The van der Waals surface area contributed by atoms with E-state index in [4.69, 9.17) is 23.2 Å². The van der Waals surface area contributed by atoms with Gasteiger partial charge >= 0.3 is 0 Å². The molecule has 0 unspecified atom stereocenters.